The number of rotatable bonds is 10. The van der Waals surface area contributed by atoms with E-state index >= 15 is 0 Å². The van der Waals surface area contributed by atoms with Crippen molar-refractivity contribution in [1.29, 1.82) is 0 Å². The standard InChI is InChI=1S/C32H33NO5/c1-4-6-10-17-37-26-16-14-23(19-27(26)36-5-2)29-28-30(34)24-18-21(3)13-15-25(24)38-31(28)32(35)33(29)20-22-11-8-7-9-12-22/h7-9,11-16,18-19,29H,4-6,10,17,20H2,1-3H3. The zero-order valence-corrected chi connectivity index (χ0v) is 22.2. The number of fused-ring (bicyclic) bond motifs is 2. The Morgan fingerprint density at radius 3 is 2.47 bits per heavy atom. The molecule has 1 aliphatic heterocycles. The zero-order valence-electron chi connectivity index (χ0n) is 22.2. The fourth-order valence-corrected chi connectivity index (χ4v) is 5.04. The zero-order chi connectivity index (χ0) is 26.6. The van der Waals surface area contributed by atoms with Crippen LogP contribution in [0.15, 0.2) is 75.9 Å². The van der Waals surface area contributed by atoms with Crippen molar-refractivity contribution in [2.24, 2.45) is 0 Å². The maximum atomic E-state index is 13.9. The van der Waals surface area contributed by atoms with E-state index in [4.69, 9.17) is 13.9 Å². The Bertz CT molecular complexity index is 1510. The lowest BCUT2D eigenvalue weighted by Gasteiger charge is -2.26. The Morgan fingerprint density at radius 2 is 1.71 bits per heavy atom. The molecule has 38 heavy (non-hydrogen) atoms. The molecular formula is C32H33NO5. The van der Waals surface area contributed by atoms with Gasteiger partial charge < -0.3 is 18.8 Å². The quantitative estimate of drug-likeness (QED) is 0.219. The number of unbranched alkanes of at least 4 members (excludes halogenated alkanes) is 2. The fourth-order valence-electron chi connectivity index (χ4n) is 5.04. The highest BCUT2D eigenvalue weighted by molar-refractivity contribution is 5.99. The molecule has 1 amide bonds. The van der Waals surface area contributed by atoms with Gasteiger partial charge in [0, 0.05) is 6.54 Å². The highest BCUT2D eigenvalue weighted by atomic mass is 16.5. The van der Waals surface area contributed by atoms with Gasteiger partial charge in [-0.15, -0.1) is 0 Å². The van der Waals surface area contributed by atoms with E-state index in [1.807, 2.05) is 74.5 Å². The number of amides is 1. The molecule has 5 rings (SSSR count). The molecule has 1 aliphatic rings. The third-order valence-electron chi connectivity index (χ3n) is 6.91. The van der Waals surface area contributed by atoms with Crippen molar-refractivity contribution in [3.8, 4) is 11.5 Å². The van der Waals surface area contributed by atoms with Crippen molar-refractivity contribution in [2.45, 2.75) is 52.6 Å². The van der Waals surface area contributed by atoms with Gasteiger partial charge in [-0.3, -0.25) is 9.59 Å². The van der Waals surface area contributed by atoms with Gasteiger partial charge >= 0.3 is 0 Å². The molecule has 0 aliphatic carbocycles. The Labute approximate surface area is 222 Å². The van der Waals surface area contributed by atoms with E-state index in [-0.39, 0.29) is 17.1 Å². The van der Waals surface area contributed by atoms with Crippen LogP contribution in [-0.2, 0) is 6.54 Å². The van der Waals surface area contributed by atoms with E-state index in [1.165, 1.54) is 0 Å². The SMILES string of the molecule is CCCCCOc1ccc(C2c3c(oc4ccc(C)cc4c3=O)C(=O)N2Cc2ccccc2)cc1OCC. The number of ether oxygens (including phenoxy) is 2. The monoisotopic (exact) mass is 511 g/mol. The second-order valence-electron chi connectivity index (χ2n) is 9.69. The first-order chi connectivity index (χ1) is 18.5. The van der Waals surface area contributed by atoms with Gasteiger partial charge in [-0.25, -0.2) is 0 Å². The van der Waals surface area contributed by atoms with E-state index in [0.29, 0.717) is 47.8 Å². The van der Waals surface area contributed by atoms with E-state index < -0.39 is 6.04 Å². The molecule has 0 fully saturated rings. The van der Waals surface area contributed by atoms with E-state index in [2.05, 4.69) is 6.92 Å². The van der Waals surface area contributed by atoms with Gasteiger partial charge in [-0.2, -0.15) is 0 Å². The minimum atomic E-state index is -0.618. The van der Waals surface area contributed by atoms with Gasteiger partial charge in [-0.1, -0.05) is 67.8 Å². The van der Waals surface area contributed by atoms with Crippen LogP contribution in [0.2, 0.25) is 0 Å². The molecule has 2 heterocycles. The van der Waals surface area contributed by atoms with Crippen LogP contribution in [0.3, 0.4) is 0 Å². The van der Waals surface area contributed by atoms with Gasteiger partial charge in [0.15, 0.2) is 16.9 Å². The Morgan fingerprint density at radius 1 is 0.895 bits per heavy atom. The lowest BCUT2D eigenvalue weighted by atomic mass is 9.97. The van der Waals surface area contributed by atoms with Crippen LogP contribution in [0, 0.1) is 6.92 Å². The van der Waals surface area contributed by atoms with Crippen molar-refractivity contribution >= 4 is 16.9 Å². The number of carbonyl (C=O) groups is 1. The lowest BCUT2D eigenvalue weighted by Crippen LogP contribution is -2.29. The first-order valence-corrected chi connectivity index (χ1v) is 13.3. The summed E-state index contributed by atoms with van der Waals surface area (Å²) in [6.45, 7) is 7.42. The molecule has 3 aromatic carbocycles. The third-order valence-corrected chi connectivity index (χ3v) is 6.91. The summed E-state index contributed by atoms with van der Waals surface area (Å²) in [6.07, 6.45) is 3.18. The molecular weight excluding hydrogens is 478 g/mol. The van der Waals surface area contributed by atoms with Crippen molar-refractivity contribution < 1.29 is 18.7 Å². The van der Waals surface area contributed by atoms with Crippen molar-refractivity contribution in [1.82, 2.24) is 4.90 Å². The summed E-state index contributed by atoms with van der Waals surface area (Å²) in [5, 5.41) is 0.476. The summed E-state index contributed by atoms with van der Waals surface area (Å²) in [6, 6.07) is 20.3. The summed E-state index contributed by atoms with van der Waals surface area (Å²) in [7, 11) is 0. The fraction of sp³-hybridized carbons (Fsp3) is 0.312. The van der Waals surface area contributed by atoms with Crippen LogP contribution in [0.5, 0.6) is 11.5 Å². The summed E-state index contributed by atoms with van der Waals surface area (Å²) in [4.78, 5) is 29.4. The molecule has 4 aromatic rings. The van der Waals surface area contributed by atoms with Crippen molar-refractivity contribution in [2.75, 3.05) is 13.2 Å². The number of hydrogen-bond donors (Lipinski definition) is 0. The average molecular weight is 512 g/mol. The van der Waals surface area contributed by atoms with Crippen LogP contribution >= 0.6 is 0 Å². The Balaban J connectivity index is 1.63. The van der Waals surface area contributed by atoms with Crippen LogP contribution in [0.4, 0.5) is 0 Å². The van der Waals surface area contributed by atoms with Crippen LogP contribution < -0.4 is 14.9 Å². The molecule has 0 spiro atoms. The van der Waals surface area contributed by atoms with E-state index in [9.17, 15) is 9.59 Å². The largest absolute Gasteiger partial charge is 0.490 e. The van der Waals surface area contributed by atoms with Gasteiger partial charge in [0.2, 0.25) is 5.76 Å². The predicted octanol–water partition coefficient (Wildman–Crippen LogP) is 6.81. The third kappa shape index (κ3) is 4.91. The molecule has 0 saturated heterocycles. The second kappa shape index (κ2) is 11.1. The number of carbonyl (C=O) groups excluding carboxylic acids is 1. The molecule has 1 aromatic heterocycles. The molecule has 0 saturated carbocycles. The molecule has 6 heteroatoms. The topological polar surface area (TPSA) is 69.0 Å². The van der Waals surface area contributed by atoms with E-state index in [1.54, 1.807) is 11.0 Å². The number of benzene rings is 3. The van der Waals surface area contributed by atoms with Gasteiger partial charge in [0.25, 0.3) is 5.91 Å². The maximum absolute atomic E-state index is 13.9. The predicted molar refractivity (Wildman–Crippen MR) is 148 cm³/mol. The molecule has 6 nitrogen and oxygen atoms in total. The Hall–Kier alpha value is -4.06. The number of hydrogen-bond acceptors (Lipinski definition) is 5. The number of aryl methyl sites for hydroxylation is 1. The normalized spacial score (nSPS) is 14.7. The molecule has 0 bridgehead atoms. The minimum Gasteiger partial charge on any atom is -0.490 e. The smallest absolute Gasteiger partial charge is 0.291 e. The molecule has 0 radical (unpaired) electrons. The second-order valence-corrected chi connectivity index (χ2v) is 9.69. The number of nitrogens with zero attached hydrogens (tertiary/aromatic N) is 1. The first-order valence-electron chi connectivity index (χ1n) is 13.3. The molecule has 196 valence electrons. The van der Waals surface area contributed by atoms with E-state index in [0.717, 1.165) is 36.0 Å². The van der Waals surface area contributed by atoms with Gasteiger partial charge in [0.05, 0.1) is 30.2 Å². The Kier molecular flexibility index (Phi) is 7.50. The average Bonchev–Trinajstić information content (AvgIpc) is 3.20. The van der Waals surface area contributed by atoms with Gasteiger partial charge in [-0.05, 0) is 55.7 Å². The van der Waals surface area contributed by atoms with Crippen molar-refractivity contribution in [3.63, 3.8) is 0 Å². The maximum Gasteiger partial charge on any atom is 0.291 e. The molecule has 0 N–H and O–H groups in total. The summed E-state index contributed by atoms with van der Waals surface area (Å²) >= 11 is 0. The summed E-state index contributed by atoms with van der Waals surface area (Å²) in [5.74, 6) is 1.06. The first kappa shape index (κ1) is 25.6. The summed E-state index contributed by atoms with van der Waals surface area (Å²) < 4.78 is 18.1. The van der Waals surface area contributed by atoms with Crippen LogP contribution in [0.25, 0.3) is 11.0 Å². The lowest BCUT2D eigenvalue weighted by molar-refractivity contribution is 0.0714. The summed E-state index contributed by atoms with van der Waals surface area (Å²) in [5.41, 5.74) is 3.29. The van der Waals surface area contributed by atoms with Crippen LogP contribution in [0.1, 0.15) is 72.0 Å². The van der Waals surface area contributed by atoms with Crippen LogP contribution in [-0.4, -0.2) is 24.0 Å². The molecule has 1 unspecified atom stereocenters. The highest BCUT2D eigenvalue weighted by Gasteiger charge is 2.43. The molecule has 1 atom stereocenters. The van der Waals surface area contributed by atoms with Crippen molar-refractivity contribution in [3.05, 3.63) is 105 Å². The van der Waals surface area contributed by atoms with Gasteiger partial charge in [0.1, 0.15) is 5.58 Å². The minimum absolute atomic E-state index is 0.102. The highest BCUT2D eigenvalue weighted by Crippen LogP contribution is 2.42.